The van der Waals surface area contributed by atoms with Crippen molar-refractivity contribution in [2.45, 2.75) is 25.9 Å². The van der Waals surface area contributed by atoms with E-state index in [1.165, 1.54) is 0 Å². The molecule has 35 heavy (non-hydrogen) atoms. The van der Waals surface area contributed by atoms with Gasteiger partial charge in [-0.25, -0.2) is 26.3 Å². The molecule has 3 aromatic rings. The summed E-state index contributed by atoms with van der Waals surface area (Å²) >= 11 is 0. The van der Waals surface area contributed by atoms with Crippen molar-refractivity contribution < 1.29 is 48.6 Å². The second kappa shape index (κ2) is 10.0. The molecule has 0 amide bonds. The quantitative estimate of drug-likeness (QED) is 0.291. The van der Waals surface area contributed by atoms with E-state index in [1.54, 1.807) is 6.92 Å². The summed E-state index contributed by atoms with van der Waals surface area (Å²) in [5, 5.41) is 0. The molecule has 0 spiro atoms. The second-order valence-electron chi connectivity index (χ2n) is 7.37. The smallest absolute Gasteiger partial charge is 0.423 e. The molecule has 11 heteroatoms. The maximum atomic E-state index is 14.8. The minimum absolute atomic E-state index is 0.228. The van der Waals surface area contributed by atoms with Crippen molar-refractivity contribution in [2.24, 2.45) is 0 Å². The molecule has 0 aliphatic rings. The molecule has 1 nitrogen and oxygen atoms in total. The van der Waals surface area contributed by atoms with Crippen LogP contribution in [0.3, 0.4) is 0 Å². The zero-order valence-corrected chi connectivity index (χ0v) is 17.6. The van der Waals surface area contributed by atoms with Crippen LogP contribution in [0, 0.1) is 34.9 Å². The molecule has 3 aromatic carbocycles. The zero-order valence-electron chi connectivity index (χ0n) is 17.6. The molecule has 0 bridgehead atoms. The lowest BCUT2D eigenvalue weighted by Gasteiger charge is -2.16. The van der Waals surface area contributed by atoms with Gasteiger partial charge in [-0.05, 0) is 59.5 Å². The molecule has 0 saturated heterocycles. The van der Waals surface area contributed by atoms with Gasteiger partial charge in [-0.2, -0.15) is 17.6 Å². The number of hydrogen-bond donors (Lipinski definition) is 0. The standard InChI is InChI=1S/C24H14F10O/c1-2-3-11-4-14(25)21(15(26)5-11)12-6-16(27)22(17(28)7-12)13-8-18(29)23(19(30)9-13)35-24(33,34)10-20(31)32/h4-10H,2-3H2,1H3. The molecule has 0 radical (unpaired) electrons. The number of hydrogen-bond acceptors (Lipinski definition) is 1. The lowest BCUT2D eigenvalue weighted by molar-refractivity contribution is -0.137. The Labute approximate surface area is 192 Å². The van der Waals surface area contributed by atoms with Crippen LogP contribution in [0.1, 0.15) is 18.9 Å². The summed E-state index contributed by atoms with van der Waals surface area (Å²) in [7, 11) is 0. The van der Waals surface area contributed by atoms with Gasteiger partial charge in [-0.15, -0.1) is 0 Å². The molecule has 0 saturated carbocycles. The predicted molar refractivity (Wildman–Crippen MR) is 107 cm³/mol. The van der Waals surface area contributed by atoms with Crippen LogP contribution in [0.4, 0.5) is 43.9 Å². The molecule has 0 N–H and O–H groups in total. The first-order valence-electron chi connectivity index (χ1n) is 9.90. The molecule has 0 atom stereocenters. The zero-order chi connectivity index (χ0) is 26.1. The minimum atomic E-state index is -4.79. The predicted octanol–water partition coefficient (Wildman–Crippen LogP) is 8.56. The molecule has 0 aliphatic carbocycles. The first-order valence-corrected chi connectivity index (χ1v) is 9.90. The molecule has 0 fully saturated rings. The third kappa shape index (κ3) is 5.77. The third-order valence-electron chi connectivity index (χ3n) is 4.77. The average molecular weight is 508 g/mol. The van der Waals surface area contributed by atoms with E-state index in [9.17, 15) is 43.9 Å². The lowest BCUT2D eigenvalue weighted by atomic mass is 9.96. The lowest BCUT2D eigenvalue weighted by Crippen LogP contribution is -2.23. The fraction of sp³-hybridized carbons (Fsp3) is 0.167. The van der Waals surface area contributed by atoms with Crippen LogP contribution < -0.4 is 4.74 Å². The van der Waals surface area contributed by atoms with Gasteiger partial charge in [0, 0.05) is 0 Å². The summed E-state index contributed by atoms with van der Waals surface area (Å²) in [6, 6.07) is 3.53. The van der Waals surface area contributed by atoms with Crippen LogP contribution in [0.25, 0.3) is 22.3 Å². The van der Waals surface area contributed by atoms with Crippen LogP contribution in [-0.4, -0.2) is 6.11 Å². The SMILES string of the molecule is CCCc1cc(F)c(-c2cc(F)c(-c3cc(F)c(OC(F)(F)C=C(F)F)c(F)c3)c(F)c2)c(F)c1. The number of alkyl halides is 2. The Morgan fingerprint density at radius 1 is 0.714 bits per heavy atom. The maximum absolute atomic E-state index is 14.8. The minimum Gasteiger partial charge on any atom is -0.423 e. The van der Waals surface area contributed by atoms with Crippen LogP contribution in [-0.2, 0) is 6.42 Å². The normalized spacial score (nSPS) is 11.5. The molecule has 0 aromatic heterocycles. The van der Waals surface area contributed by atoms with Gasteiger partial charge in [-0.3, -0.25) is 0 Å². The molecule has 0 heterocycles. The topological polar surface area (TPSA) is 9.23 Å². The summed E-state index contributed by atoms with van der Waals surface area (Å²) < 4.78 is 141. The van der Waals surface area contributed by atoms with E-state index in [0.29, 0.717) is 30.5 Å². The maximum Gasteiger partial charge on any atom is 0.425 e. The second-order valence-corrected chi connectivity index (χ2v) is 7.37. The molecule has 3 rings (SSSR count). The van der Waals surface area contributed by atoms with E-state index in [4.69, 9.17) is 0 Å². The van der Waals surface area contributed by atoms with Gasteiger partial charge in [0.15, 0.2) is 17.4 Å². The van der Waals surface area contributed by atoms with Gasteiger partial charge in [-0.1, -0.05) is 13.3 Å². The largest absolute Gasteiger partial charge is 0.425 e. The Kier molecular flexibility index (Phi) is 7.47. The van der Waals surface area contributed by atoms with Gasteiger partial charge in [0.1, 0.15) is 23.3 Å². The summed E-state index contributed by atoms with van der Waals surface area (Å²) in [5.41, 5.74) is -2.80. The van der Waals surface area contributed by atoms with E-state index < -0.39 is 81.2 Å². The van der Waals surface area contributed by atoms with E-state index in [1.807, 2.05) is 0 Å². The summed E-state index contributed by atoms with van der Waals surface area (Å²) in [6.45, 7) is 1.78. The van der Waals surface area contributed by atoms with E-state index in [0.717, 1.165) is 12.1 Å². The fourth-order valence-corrected chi connectivity index (χ4v) is 3.42. The molecular formula is C24H14F10O. The van der Waals surface area contributed by atoms with Crippen molar-refractivity contribution in [3.8, 4) is 28.0 Å². The van der Waals surface area contributed by atoms with E-state index >= 15 is 0 Å². The highest BCUT2D eigenvalue weighted by Crippen LogP contribution is 2.37. The van der Waals surface area contributed by atoms with Crippen molar-refractivity contribution >= 4 is 0 Å². The molecular weight excluding hydrogens is 494 g/mol. The van der Waals surface area contributed by atoms with Gasteiger partial charge in [0.2, 0.25) is 0 Å². The highest BCUT2D eigenvalue weighted by Gasteiger charge is 2.33. The van der Waals surface area contributed by atoms with Crippen molar-refractivity contribution in [1.82, 2.24) is 0 Å². The number of rotatable bonds is 7. The van der Waals surface area contributed by atoms with Gasteiger partial charge in [0.25, 0.3) is 6.08 Å². The number of benzene rings is 3. The monoisotopic (exact) mass is 508 g/mol. The van der Waals surface area contributed by atoms with Crippen LogP contribution >= 0.6 is 0 Å². The van der Waals surface area contributed by atoms with Crippen molar-refractivity contribution in [1.29, 1.82) is 0 Å². The summed E-state index contributed by atoms with van der Waals surface area (Å²) in [4.78, 5) is 0. The Bertz CT molecular complexity index is 1230. The Hall–Kier alpha value is -3.50. The van der Waals surface area contributed by atoms with Gasteiger partial charge < -0.3 is 4.74 Å². The molecule has 186 valence electrons. The summed E-state index contributed by atoms with van der Waals surface area (Å²) in [6.07, 6.45) is -7.72. The van der Waals surface area contributed by atoms with Crippen molar-refractivity contribution in [3.63, 3.8) is 0 Å². The van der Waals surface area contributed by atoms with Gasteiger partial charge in [0.05, 0.1) is 17.2 Å². The number of aryl methyl sites for hydroxylation is 1. The highest BCUT2D eigenvalue weighted by molar-refractivity contribution is 5.73. The Morgan fingerprint density at radius 3 is 1.51 bits per heavy atom. The fourth-order valence-electron chi connectivity index (χ4n) is 3.42. The third-order valence-corrected chi connectivity index (χ3v) is 4.77. The molecule has 0 aliphatic heterocycles. The Morgan fingerprint density at radius 2 is 1.11 bits per heavy atom. The van der Waals surface area contributed by atoms with Crippen molar-refractivity contribution in [3.05, 3.63) is 89.0 Å². The van der Waals surface area contributed by atoms with Crippen LogP contribution in [0.15, 0.2) is 48.6 Å². The Balaban J connectivity index is 2.05. The van der Waals surface area contributed by atoms with Crippen LogP contribution in [0.5, 0.6) is 5.75 Å². The van der Waals surface area contributed by atoms with E-state index in [2.05, 4.69) is 4.74 Å². The van der Waals surface area contributed by atoms with Crippen molar-refractivity contribution in [2.75, 3.05) is 0 Å². The molecule has 0 unspecified atom stereocenters. The average Bonchev–Trinajstić information content (AvgIpc) is 2.69. The highest BCUT2D eigenvalue weighted by atomic mass is 19.3. The first kappa shape index (κ1) is 26.1. The van der Waals surface area contributed by atoms with Crippen LogP contribution in [0.2, 0.25) is 0 Å². The van der Waals surface area contributed by atoms with Gasteiger partial charge >= 0.3 is 6.11 Å². The number of ether oxygens (including phenoxy) is 1. The number of halogens is 10. The van der Waals surface area contributed by atoms with E-state index in [-0.39, 0.29) is 12.1 Å². The first-order chi connectivity index (χ1) is 16.3. The summed E-state index contributed by atoms with van der Waals surface area (Å²) in [5.74, 6) is -10.6.